The van der Waals surface area contributed by atoms with E-state index in [0.717, 1.165) is 16.0 Å². The quantitative estimate of drug-likeness (QED) is 0.495. The minimum Gasteiger partial charge on any atom is -0.497 e. The minimum absolute atomic E-state index is 0.0231. The van der Waals surface area contributed by atoms with E-state index in [-0.39, 0.29) is 18.5 Å². The van der Waals surface area contributed by atoms with Gasteiger partial charge in [0.1, 0.15) is 12.3 Å². The molecular weight excluding hydrogens is 398 g/mol. The van der Waals surface area contributed by atoms with Crippen LogP contribution in [0.25, 0.3) is 11.4 Å². The second-order valence-electron chi connectivity index (χ2n) is 6.80. The molecule has 30 heavy (non-hydrogen) atoms. The van der Waals surface area contributed by atoms with E-state index >= 15 is 0 Å². The number of ether oxygens (including phenoxy) is 1. The molecule has 152 valence electrons. The minimum atomic E-state index is -0.223. The van der Waals surface area contributed by atoms with Crippen molar-refractivity contribution in [2.24, 2.45) is 0 Å². The molecular formula is C22H21N5O2S. The van der Waals surface area contributed by atoms with Gasteiger partial charge in [-0.1, -0.05) is 48.0 Å². The summed E-state index contributed by atoms with van der Waals surface area (Å²) in [4.78, 5) is 15.1. The number of nitrogens with one attached hydrogen (secondary N) is 1. The standard InChI is InChI=1S/C22H21N5O2S/c1-15-8-10-16(11-9-15)21(19-7-4-12-30-19)23-20(28)14-27-25-22(24-26-27)17-5-3-6-18(13-17)29-2/h3-13,21H,14H2,1-2H3,(H,23,28)/t21-/m1/s1. The summed E-state index contributed by atoms with van der Waals surface area (Å²) in [6, 6.07) is 19.3. The Hall–Kier alpha value is -3.52. The Morgan fingerprint density at radius 2 is 2.00 bits per heavy atom. The first-order valence-corrected chi connectivity index (χ1v) is 10.3. The fraction of sp³-hybridized carbons (Fsp3) is 0.182. The number of thiophene rings is 1. The summed E-state index contributed by atoms with van der Waals surface area (Å²) in [5.41, 5.74) is 2.98. The lowest BCUT2D eigenvalue weighted by molar-refractivity contribution is -0.122. The zero-order valence-corrected chi connectivity index (χ0v) is 17.5. The van der Waals surface area contributed by atoms with E-state index in [0.29, 0.717) is 11.6 Å². The van der Waals surface area contributed by atoms with Crippen molar-refractivity contribution in [3.05, 3.63) is 82.0 Å². The van der Waals surface area contributed by atoms with Gasteiger partial charge in [0, 0.05) is 10.4 Å². The fourth-order valence-corrected chi connectivity index (χ4v) is 3.86. The molecule has 1 N–H and O–H groups in total. The van der Waals surface area contributed by atoms with Crippen molar-refractivity contribution in [1.82, 2.24) is 25.5 Å². The molecule has 4 aromatic rings. The molecule has 7 nitrogen and oxygen atoms in total. The highest BCUT2D eigenvalue weighted by Gasteiger charge is 2.19. The number of tetrazole rings is 1. The predicted molar refractivity (Wildman–Crippen MR) is 115 cm³/mol. The average molecular weight is 420 g/mol. The molecule has 0 saturated heterocycles. The molecule has 0 spiro atoms. The first-order chi connectivity index (χ1) is 14.6. The van der Waals surface area contributed by atoms with E-state index in [2.05, 4.69) is 20.7 Å². The molecule has 0 fully saturated rings. The SMILES string of the molecule is COc1cccc(-c2nnn(CC(=O)N[C@H](c3ccc(C)cc3)c3cccs3)n2)c1. The topological polar surface area (TPSA) is 81.9 Å². The number of aromatic nitrogens is 4. The van der Waals surface area contributed by atoms with Crippen molar-refractivity contribution in [2.75, 3.05) is 7.11 Å². The van der Waals surface area contributed by atoms with Gasteiger partial charge in [-0.15, -0.1) is 21.5 Å². The van der Waals surface area contributed by atoms with E-state index < -0.39 is 0 Å². The van der Waals surface area contributed by atoms with Gasteiger partial charge in [0.05, 0.1) is 13.2 Å². The van der Waals surface area contributed by atoms with E-state index in [1.165, 1.54) is 10.4 Å². The highest BCUT2D eigenvalue weighted by molar-refractivity contribution is 7.10. The van der Waals surface area contributed by atoms with E-state index in [1.807, 2.05) is 73.0 Å². The Labute approximate surface area is 178 Å². The van der Waals surface area contributed by atoms with Crippen LogP contribution in [0.2, 0.25) is 0 Å². The van der Waals surface area contributed by atoms with Gasteiger partial charge in [-0.05, 0) is 41.3 Å². The third-order valence-electron chi connectivity index (χ3n) is 4.61. The Kier molecular flexibility index (Phi) is 5.85. The largest absolute Gasteiger partial charge is 0.497 e. The molecule has 2 heterocycles. The Balaban J connectivity index is 1.49. The Bertz CT molecular complexity index is 1120. The summed E-state index contributed by atoms with van der Waals surface area (Å²) in [7, 11) is 1.60. The molecule has 0 aliphatic heterocycles. The lowest BCUT2D eigenvalue weighted by Gasteiger charge is -2.18. The van der Waals surface area contributed by atoms with Crippen molar-refractivity contribution in [1.29, 1.82) is 0 Å². The Morgan fingerprint density at radius 3 is 2.73 bits per heavy atom. The third kappa shape index (κ3) is 4.55. The van der Waals surface area contributed by atoms with Crippen molar-refractivity contribution in [3.63, 3.8) is 0 Å². The number of amides is 1. The summed E-state index contributed by atoms with van der Waals surface area (Å²) in [6.45, 7) is 2.02. The van der Waals surface area contributed by atoms with Crippen LogP contribution in [-0.4, -0.2) is 33.2 Å². The van der Waals surface area contributed by atoms with Crippen molar-refractivity contribution >= 4 is 17.2 Å². The van der Waals surface area contributed by atoms with Gasteiger partial charge >= 0.3 is 0 Å². The summed E-state index contributed by atoms with van der Waals surface area (Å²) in [6.07, 6.45) is 0. The number of hydrogen-bond donors (Lipinski definition) is 1. The molecule has 0 aliphatic carbocycles. The van der Waals surface area contributed by atoms with Crippen molar-refractivity contribution in [2.45, 2.75) is 19.5 Å². The highest BCUT2D eigenvalue weighted by atomic mass is 32.1. The highest BCUT2D eigenvalue weighted by Crippen LogP contribution is 2.26. The fourth-order valence-electron chi connectivity index (χ4n) is 3.06. The number of methoxy groups -OCH3 is 1. The lowest BCUT2D eigenvalue weighted by atomic mass is 10.0. The molecule has 0 aliphatic rings. The third-order valence-corrected chi connectivity index (χ3v) is 5.55. The van der Waals surface area contributed by atoms with Crippen LogP contribution in [0.15, 0.2) is 66.0 Å². The van der Waals surface area contributed by atoms with Crippen LogP contribution >= 0.6 is 11.3 Å². The first-order valence-electron chi connectivity index (χ1n) is 9.44. The second kappa shape index (κ2) is 8.87. The summed E-state index contributed by atoms with van der Waals surface area (Å²) < 4.78 is 5.23. The van der Waals surface area contributed by atoms with Gasteiger partial charge < -0.3 is 10.1 Å². The van der Waals surface area contributed by atoms with Gasteiger partial charge in [0.25, 0.3) is 0 Å². The monoisotopic (exact) mass is 419 g/mol. The van der Waals surface area contributed by atoms with Gasteiger partial charge in [0.2, 0.25) is 11.7 Å². The summed E-state index contributed by atoms with van der Waals surface area (Å²) in [5, 5.41) is 17.5. The number of rotatable bonds is 7. The molecule has 0 saturated carbocycles. The molecule has 4 rings (SSSR count). The molecule has 1 amide bonds. The molecule has 0 radical (unpaired) electrons. The number of aryl methyl sites for hydroxylation is 1. The van der Waals surface area contributed by atoms with Gasteiger partial charge in [-0.25, -0.2) is 0 Å². The maximum absolute atomic E-state index is 12.7. The van der Waals surface area contributed by atoms with Crippen LogP contribution in [0.4, 0.5) is 0 Å². The average Bonchev–Trinajstić information content (AvgIpc) is 3.45. The van der Waals surface area contributed by atoms with E-state index in [1.54, 1.807) is 18.4 Å². The maximum Gasteiger partial charge on any atom is 0.244 e. The molecule has 0 unspecified atom stereocenters. The van der Waals surface area contributed by atoms with Gasteiger partial charge in [0.15, 0.2) is 0 Å². The van der Waals surface area contributed by atoms with Gasteiger partial charge in [-0.3, -0.25) is 4.79 Å². The van der Waals surface area contributed by atoms with E-state index in [9.17, 15) is 4.79 Å². The number of benzene rings is 2. The molecule has 2 aromatic heterocycles. The number of carbonyl (C=O) groups is 1. The zero-order valence-electron chi connectivity index (χ0n) is 16.6. The normalized spacial score (nSPS) is 11.8. The van der Waals surface area contributed by atoms with Crippen LogP contribution in [0.1, 0.15) is 22.0 Å². The first kappa shape index (κ1) is 19.8. The Morgan fingerprint density at radius 1 is 1.17 bits per heavy atom. The van der Waals surface area contributed by atoms with Crippen molar-refractivity contribution < 1.29 is 9.53 Å². The maximum atomic E-state index is 12.7. The van der Waals surface area contributed by atoms with Crippen LogP contribution in [-0.2, 0) is 11.3 Å². The van der Waals surface area contributed by atoms with Crippen LogP contribution < -0.4 is 10.1 Å². The smallest absolute Gasteiger partial charge is 0.244 e. The predicted octanol–water partition coefficient (Wildman–Crippen LogP) is 3.62. The lowest BCUT2D eigenvalue weighted by Crippen LogP contribution is -2.32. The molecule has 2 aromatic carbocycles. The second-order valence-corrected chi connectivity index (χ2v) is 7.78. The van der Waals surface area contributed by atoms with Gasteiger partial charge in [-0.2, -0.15) is 4.80 Å². The number of hydrogen-bond acceptors (Lipinski definition) is 6. The van der Waals surface area contributed by atoms with Crippen LogP contribution in [0, 0.1) is 6.92 Å². The van der Waals surface area contributed by atoms with Crippen LogP contribution in [0.3, 0.4) is 0 Å². The zero-order chi connectivity index (χ0) is 20.9. The summed E-state index contributed by atoms with van der Waals surface area (Å²) in [5.74, 6) is 0.956. The molecule has 0 bridgehead atoms. The number of carbonyl (C=O) groups excluding carboxylic acids is 1. The molecule has 8 heteroatoms. The van der Waals surface area contributed by atoms with Crippen LogP contribution in [0.5, 0.6) is 5.75 Å². The molecule has 1 atom stereocenters. The number of nitrogens with zero attached hydrogens (tertiary/aromatic N) is 4. The van der Waals surface area contributed by atoms with Crippen molar-refractivity contribution in [3.8, 4) is 17.1 Å². The summed E-state index contributed by atoms with van der Waals surface area (Å²) >= 11 is 1.61. The van der Waals surface area contributed by atoms with E-state index in [4.69, 9.17) is 4.74 Å².